The molecule has 2 rings (SSSR count). The molecule has 1 atom stereocenters. The Bertz CT molecular complexity index is 483. The van der Waals surface area contributed by atoms with Gasteiger partial charge in [-0.2, -0.15) is 0 Å². The number of nitrogen functional groups attached to an aromatic ring is 1. The number of aryl methyl sites for hydroxylation is 1. The molecule has 1 aliphatic carbocycles. The summed E-state index contributed by atoms with van der Waals surface area (Å²) in [6, 6.07) is 5.76. The van der Waals surface area contributed by atoms with Crippen molar-refractivity contribution in [1.82, 2.24) is 4.90 Å². The van der Waals surface area contributed by atoms with E-state index in [2.05, 4.69) is 6.92 Å². The quantitative estimate of drug-likeness (QED) is 0.812. The summed E-state index contributed by atoms with van der Waals surface area (Å²) in [6.07, 6.45) is 2.44. The number of nitrogens with zero attached hydrogens (tertiary/aromatic N) is 1. The first-order valence-corrected chi connectivity index (χ1v) is 7.20. The van der Waals surface area contributed by atoms with Gasteiger partial charge in [-0.05, 0) is 56.4 Å². The monoisotopic (exact) mass is 276 g/mol. The minimum absolute atomic E-state index is 0.0737. The molecule has 1 saturated carbocycles. The number of carbonyl (C=O) groups excluding carboxylic acids is 1. The smallest absolute Gasteiger partial charge is 0.254 e. The van der Waals surface area contributed by atoms with Gasteiger partial charge in [-0.15, -0.1) is 0 Å². The summed E-state index contributed by atoms with van der Waals surface area (Å²) in [6.45, 7) is 5.26. The largest absolute Gasteiger partial charge is 0.399 e. The predicted molar refractivity (Wildman–Crippen MR) is 80.7 cm³/mol. The van der Waals surface area contributed by atoms with E-state index < -0.39 is 0 Å². The van der Waals surface area contributed by atoms with E-state index in [9.17, 15) is 4.79 Å². The van der Waals surface area contributed by atoms with Crippen molar-refractivity contribution in [2.45, 2.75) is 32.7 Å². The molecule has 1 unspecified atom stereocenters. The highest BCUT2D eigenvalue weighted by Gasteiger charge is 2.34. The number of ether oxygens (including phenoxy) is 1. The third kappa shape index (κ3) is 3.31. The zero-order valence-electron chi connectivity index (χ0n) is 12.6. The SMILES string of the molecule is COCCN(C(=O)c1ccc(N)c(C)c1)C(C)C1CC1. The van der Waals surface area contributed by atoms with E-state index in [1.807, 2.05) is 24.0 Å². The Kier molecular flexibility index (Phi) is 4.65. The van der Waals surface area contributed by atoms with Crippen molar-refractivity contribution in [3.05, 3.63) is 29.3 Å². The highest BCUT2D eigenvalue weighted by molar-refractivity contribution is 5.95. The molecule has 1 amide bonds. The van der Waals surface area contributed by atoms with Gasteiger partial charge in [0.1, 0.15) is 0 Å². The molecule has 20 heavy (non-hydrogen) atoms. The molecular weight excluding hydrogens is 252 g/mol. The van der Waals surface area contributed by atoms with Crippen molar-refractivity contribution < 1.29 is 9.53 Å². The van der Waals surface area contributed by atoms with Gasteiger partial charge in [0, 0.05) is 30.9 Å². The maximum absolute atomic E-state index is 12.7. The molecule has 2 N–H and O–H groups in total. The fourth-order valence-electron chi connectivity index (χ4n) is 2.49. The second-order valence-corrected chi connectivity index (χ2v) is 5.64. The summed E-state index contributed by atoms with van der Waals surface area (Å²) in [5.74, 6) is 0.718. The third-order valence-electron chi connectivity index (χ3n) is 4.11. The number of anilines is 1. The maximum Gasteiger partial charge on any atom is 0.254 e. The van der Waals surface area contributed by atoms with E-state index in [-0.39, 0.29) is 11.9 Å². The summed E-state index contributed by atoms with van der Waals surface area (Å²) in [5.41, 5.74) is 8.20. The van der Waals surface area contributed by atoms with Gasteiger partial charge in [0.25, 0.3) is 5.91 Å². The first kappa shape index (κ1) is 14.9. The molecule has 1 fully saturated rings. The van der Waals surface area contributed by atoms with Crippen molar-refractivity contribution >= 4 is 11.6 Å². The average Bonchev–Trinajstić information content (AvgIpc) is 3.26. The lowest BCUT2D eigenvalue weighted by molar-refractivity contribution is 0.0594. The molecule has 110 valence electrons. The second kappa shape index (κ2) is 6.27. The number of benzene rings is 1. The second-order valence-electron chi connectivity index (χ2n) is 5.64. The van der Waals surface area contributed by atoms with Gasteiger partial charge in [-0.1, -0.05) is 0 Å². The summed E-state index contributed by atoms with van der Waals surface area (Å²) in [4.78, 5) is 14.7. The summed E-state index contributed by atoms with van der Waals surface area (Å²) >= 11 is 0. The van der Waals surface area contributed by atoms with Gasteiger partial charge < -0.3 is 15.4 Å². The highest BCUT2D eigenvalue weighted by Crippen LogP contribution is 2.35. The lowest BCUT2D eigenvalue weighted by atomic mass is 10.1. The number of amides is 1. The lowest BCUT2D eigenvalue weighted by Gasteiger charge is -2.29. The molecule has 0 spiro atoms. The van der Waals surface area contributed by atoms with Gasteiger partial charge in [0.2, 0.25) is 0 Å². The Morgan fingerprint density at radius 2 is 2.20 bits per heavy atom. The molecule has 1 aromatic rings. The van der Waals surface area contributed by atoms with E-state index in [0.717, 1.165) is 11.3 Å². The van der Waals surface area contributed by atoms with Crippen LogP contribution in [-0.2, 0) is 4.74 Å². The van der Waals surface area contributed by atoms with E-state index in [0.29, 0.717) is 24.6 Å². The molecule has 1 aromatic carbocycles. The molecule has 0 aliphatic heterocycles. The Morgan fingerprint density at radius 1 is 1.50 bits per heavy atom. The fraction of sp³-hybridized carbons (Fsp3) is 0.562. The van der Waals surface area contributed by atoms with Gasteiger partial charge >= 0.3 is 0 Å². The van der Waals surface area contributed by atoms with Gasteiger partial charge in [-0.3, -0.25) is 4.79 Å². The average molecular weight is 276 g/mol. The van der Waals surface area contributed by atoms with Crippen molar-refractivity contribution in [2.24, 2.45) is 5.92 Å². The minimum atomic E-state index is 0.0737. The van der Waals surface area contributed by atoms with Crippen LogP contribution >= 0.6 is 0 Å². The van der Waals surface area contributed by atoms with Crippen molar-refractivity contribution in [1.29, 1.82) is 0 Å². The normalized spacial score (nSPS) is 15.9. The van der Waals surface area contributed by atoms with Crippen LogP contribution in [0.3, 0.4) is 0 Å². The van der Waals surface area contributed by atoms with Crippen LogP contribution in [0, 0.1) is 12.8 Å². The van der Waals surface area contributed by atoms with E-state index in [1.54, 1.807) is 13.2 Å². The number of carbonyl (C=O) groups is 1. The highest BCUT2D eigenvalue weighted by atomic mass is 16.5. The molecule has 0 saturated heterocycles. The Morgan fingerprint density at radius 3 is 2.75 bits per heavy atom. The molecule has 0 radical (unpaired) electrons. The standard InChI is InChI=1S/C16H24N2O2/c1-11-10-14(6-7-15(11)17)16(19)18(8-9-20-3)12(2)13-4-5-13/h6-7,10,12-13H,4-5,8-9,17H2,1-3H3. The van der Waals surface area contributed by atoms with Gasteiger partial charge in [0.05, 0.1) is 6.61 Å². The van der Waals surface area contributed by atoms with Crippen molar-refractivity contribution in [2.75, 3.05) is 26.0 Å². The molecule has 1 aliphatic rings. The van der Waals surface area contributed by atoms with E-state index >= 15 is 0 Å². The van der Waals surface area contributed by atoms with Crippen LogP contribution in [0.15, 0.2) is 18.2 Å². The summed E-state index contributed by atoms with van der Waals surface area (Å²) < 4.78 is 5.14. The third-order valence-corrected chi connectivity index (χ3v) is 4.11. The number of methoxy groups -OCH3 is 1. The summed E-state index contributed by atoms with van der Waals surface area (Å²) in [5, 5.41) is 0. The van der Waals surface area contributed by atoms with Crippen LogP contribution in [0.2, 0.25) is 0 Å². The van der Waals surface area contributed by atoms with Crippen LogP contribution in [0.25, 0.3) is 0 Å². The van der Waals surface area contributed by atoms with E-state index in [1.165, 1.54) is 12.8 Å². The molecule has 0 heterocycles. The van der Waals surface area contributed by atoms with Crippen molar-refractivity contribution in [3.63, 3.8) is 0 Å². The predicted octanol–water partition coefficient (Wildman–Crippen LogP) is 2.46. The molecule has 0 aromatic heterocycles. The number of nitrogens with two attached hydrogens (primary N) is 1. The van der Waals surface area contributed by atoms with Crippen LogP contribution in [-0.4, -0.2) is 37.1 Å². The zero-order valence-corrected chi connectivity index (χ0v) is 12.6. The first-order valence-electron chi connectivity index (χ1n) is 7.20. The number of hydrogen-bond acceptors (Lipinski definition) is 3. The number of rotatable bonds is 6. The van der Waals surface area contributed by atoms with Crippen LogP contribution in [0.4, 0.5) is 5.69 Å². The van der Waals surface area contributed by atoms with E-state index in [4.69, 9.17) is 10.5 Å². The van der Waals surface area contributed by atoms with Gasteiger partial charge in [-0.25, -0.2) is 0 Å². The van der Waals surface area contributed by atoms with Gasteiger partial charge in [0.15, 0.2) is 0 Å². The van der Waals surface area contributed by atoms with Crippen molar-refractivity contribution in [3.8, 4) is 0 Å². The molecule has 0 bridgehead atoms. The van der Waals surface area contributed by atoms with Crippen LogP contribution in [0.1, 0.15) is 35.7 Å². The maximum atomic E-state index is 12.7. The lowest BCUT2D eigenvalue weighted by Crippen LogP contribution is -2.42. The summed E-state index contributed by atoms with van der Waals surface area (Å²) in [7, 11) is 1.66. The first-order chi connectivity index (χ1) is 9.54. The fourth-order valence-corrected chi connectivity index (χ4v) is 2.49. The Labute approximate surface area is 120 Å². The topological polar surface area (TPSA) is 55.6 Å². The Hall–Kier alpha value is -1.55. The zero-order chi connectivity index (χ0) is 14.7. The number of hydrogen-bond donors (Lipinski definition) is 1. The minimum Gasteiger partial charge on any atom is -0.399 e. The Balaban J connectivity index is 2.17. The van der Waals surface area contributed by atoms with Crippen LogP contribution < -0.4 is 5.73 Å². The van der Waals surface area contributed by atoms with Crippen LogP contribution in [0.5, 0.6) is 0 Å². The molecule has 4 nitrogen and oxygen atoms in total. The molecule has 4 heteroatoms. The molecular formula is C16H24N2O2.